The zero-order valence-corrected chi connectivity index (χ0v) is 26.2. The summed E-state index contributed by atoms with van der Waals surface area (Å²) >= 11 is 12.2. The van der Waals surface area contributed by atoms with Crippen LogP contribution in [0.3, 0.4) is 0 Å². The van der Waals surface area contributed by atoms with Crippen LogP contribution < -0.4 is 0 Å². The van der Waals surface area contributed by atoms with Crippen molar-refractivity contribution < 1.29 is 19.1 Å². The van der Waals surface area contributed by atoms with Crippen LogP contribution in [-0.4, -0.2) is 72.4 Å². The molecule has 10 heteroatoms. The Bertz CT molecular complexity index is 1490. The minimum Gasteiger partial charge on any atom is -0.434 e. The van der Waals surface area contributed by atoms with E-state index in [-0.39, 0.29) is 0 Å². The molecule has 0 fully saturated rings. The maximum absolute atomic E-state index is 13.1. The highest BCUT2D eigenvalue weighted by molar-refractivity contribution is 6.31. The third-order valence-electron chi connectivity index (χ3n) is 6.51. The summed E-state index contributed by atoms with van der Waals surface area (Å²) in [5, 5.41) is 1.18. The van der Waals surface area contributed by atoms with Gasteiger partial charge in [-0.15, -0.1) is 0 Å². The molecule has 226 valence electrons. The molecular formula is C34H32Cl2N4O4. The van der Waals surface area contributed by atoms with Crippen LogP contribution in [0.4, 0.5) is 0 Å². The topological polar surface area (TPSA) is 84.9 Å². The Labute approximate surface area is 267 Å². The highest BCUT2D eigenvalue weighted by Gasteiger charge is 2.27. The van der Waals surface area contributed by atoms with E-state index in [1.54, 1.807) is 99.2 Å². The summed E-state index contributed by atoms with van der Waals surface area (Å²) in [5.41, 5.74) is 4.73. The Kier molecular flexibility index (Phi) is 11.4. The van der Waals surface area contributed by atoms with Crippen LogP contribution in [-0.2, 0) is 19.1 Å². The van der Waals surface area contributed by atoms with Gasteiger partial charge in [0.15, 0.2) is 12.5 Å². The van der Waals surface area contributed by atoms with Crippen LogP contribution in [0.15, 0.2) is 110 Å². The van der Waals surface area contributed by atoms with Crippen molar-refractivity contribution in [1.29, 1.82) is 0 Å². The predicted molar refractivity (Wildman–Crippen MR) is 173 cm³/mol. The second-order valence-electron chi connectivity index (χ2n) is 10.2. The smallest absolute Gasteiger partial charge is 0.419 e. The molecule has 0 saturated heterocycles. The van der Waals surface area contributed by atoms with Crippen LogP contribution in [0.25, 0.3) is 11.1 Å². The normalized spacial score (nSPS) is 13.5. The standard InChI is InChI=1S/C34H32Cl2N4O4/c1-39(2)31(19-29(25-7-5-17-37-21-25)23-9-13-27(35)14-10-23)43-33(41)34(42)44-32(40(3)4)20-30(26-8-6-18-38-22-26)24-11-15-28(36)16-12-24/h5-22,31-32H,1-4H3/b29-19-,30-20-. The van der Waals surface area contributed by atoms with Gasteiger partial charge in [0.25, 0.3) is 0 Å². The van der Waals surface area contributed by atoms with Crippen molar-refractivity contribution in [1.82, 2.24) is 19.8 Å². The molecule has 2 aromatic heterocycles. The van der Waals surface area contributed by atoms with Crippen LogP contribution in [0.2, 0.25) is 10.0 Å². The van der Waals surface area contributed by atoms with Crippen molar-refractivity contribution in [2.24, 2.45) is 0 Å². The lowest BCUT2D eigenvalue weighted by Crippen LogP contribution is -2.38. The molecule has 0 amide bonds. The first-order valence-electron chi connectivity index (χ1n) is 13.6. The lowest BCUT2D eigenvalue weighted by Gasteiger charge is -2.25. The van der Waals surface area contributed by atoms with Gasteiger partial charge in [-0.3, -0.25) is 19.8 Å². The Morgan fingerprint density at radius 1 is 0.614 bits per heavy atom. The summed E-state index contributed by atoms with van der Waals surface area (Å²) < 4.78 is 11.3. The summed E-state index contributed by atoms with van der Waals surface area (Å²) in [5.74, 6) is -2.28. The van der Waals surface area contributed by atoms with Gasteiger partial charge < -0.3 is 9.47 Å². The molecule has 2 aromatic carbocycles. The largest absolute Gasteiger partial charge is 0.434 e. The Hall–Kier alpha value is -4.34. The van der Waals surface area contributed by atoms with Crippen molar-refractivity contribution >= 4 is 46.3 Å². The number of likely N-dealkylation sites (N-methyl/N-ethyl adjacent to an activating group) is 2. The van der Waals surface area contributed by atoms with E-state index in [0.717, 1.165) is 33.4 Å². The van der Waals surface area contributed by atoms with Gasteiger partial charge in [0.05, 0.1) is 0 Å². The molecule has 4 aromatic rings. The van der Waals surface area contributed by atoms with Crippen LogP contribution >= 0.6 is 23.2 Å². The number of benzene rings is 2. The third-order valence-corrected chi connectivity index (χ3v) is 7.02. The number of rotatable bonds is 10. The van der Waals surface area contributed by atoms with Crippen molar-refractivity contribution in [3.05, 3.63) is 142 Å². The highest BCUT2D eigenvalue weighted by Crippen LogP contribution is 2.27. The van der Waals surface area contributed by atoms with E-state index < -0.39 is 24.4 Å². The quantitative estimate of drug-likeness (QED) is 0.116. The van der Waals surface area contributed by atoms with Gasteiger partial charge in [0.1, 0.15) is 0 Å². The molecule has 8 nitrogen and oxygen atoms in total. The highest BCUT2D eigenvalue weighted by atomic mass is 35.5. The Morgan fingerprint density at radius 3 is 1.27 bits per heavy atom. The van der Waals surface area contributed by atoms with Crippen molar-refractivity contribution in [2.75, 3.05) is 28.2 Å². The molecule has 0 aliphatic heterocycles. The SMILES string of the molecule is CN(C)C(/C=C(/c1ccc(Cl)cc1)c1cccnc1)OC(=O)C(=O)OC(/C=C(/c1ccc(Cl)cc1)c1cccnc1)N(C)C. The lowest BCUT2D eigenvalue weighted by molar-refractivity contribution is -0.178. The van der Waals surface area contributed by atoms with E-state index in [9.17, 15) is 9.59 Å². The molecule has 0 radical (unpaired) electrons. The zero-order chi connectivity index (χ0) is 31.6. The van der Waals surface area contributed by atoms with E-state index in [1.165, 1.54) is 0 Å². The molecule has 0 N–H and O–H groups in total. The average Bonchev–Trinajstić information content (AvgIpc) is 3.02. The summed E-state index contributed by atoms with van der Waals surface area (Å²) in [4.78, 5) is 38.1. The number of ether oxygens (including phenoxy) is 2. The van der Waals surface area contributed by atoms with E-state index in [2.05, 4.69) is 9.97 Å². The van der Waals surface area contributed by atoms with Gasteiger partial charge in [0, 0.05) is 46.0 Å². The number of halogens is 2. The molecule has 0 bridgehead atoms. The molecular weight excluding hydrogens is 599 g/mol. The molecule has 0 spiro atoms. The van der Waals surface area contributed by atoms with Crippen LogP contribution in [0.5, 0.6) is 0 Å². The lowest BCUT2D eigenvalue weighted by atomic mass is 9.98. The first-order chi connectivity index (χ1) is 21.1. The molecule has 0 saturated carbocycles. The fourth-order valence-corrected chi connectivity index (χ4v) is 4.45. The van der Waals surface area contributed by atoms with Gasteiger partial charge in [-0.05, 0) is 99.0 Å². The summed E-state index contributed by atoms with van der Waals surface area (Å²) in [7, 11) is 6.95. The second-order valence-corrected chi connectivity index (χ2v) is 11.0. The number of esters is 2. The minimum absolute atomic E-state index is 0.588. The van der Waals surface area contributed by atoms with Gasteiger partial charge in [-0.1, -0.05) is 59.6 Å². The molecule has 2 atom stereocenters. The molecule has 2 heterocycles. The van der Waals surface area contributed by atoms with Gasteiger partial charge >= 0.3 is 11.9 Å². The first kappa shape index (κ1) is 32.6. The monoisotopic (exact) mass is 630 g/mol. The van der Waals surface area contributed by atoms with Crippen molar-refractivity contribution in [3.8, 4) is 0 Å². The number of hydrogen-bond acceptors (Lipinski definition) is 8. The third kappa shape index (κ3) is 8.84. The first-order valence-corrected chi connectivity index (χ1v) is 14.4. The number of carbonyl (C=O) groups is 2. The Balaban J connectivity index is 1.60. The number of carbonyl (C=O) groups excluding carboxylic acids is 2. The number of aromatic nitrogens is 2. The molecule has 0 aliphatic rings. The van der Waals surface area contributed by atoms with E-state index >= 15 is 0 Å². The average molecular weight is 632 g/mol. The van der Waals surface area contributed by atoms with Gasteiger partial charge in [-0.25, -0.2) is 9.59 Å². The summed E-state index contributed by atoms with van der Waals surface area (Å²) in [6.07, 6.45) is 8.43. The van der Waals surface area contributed by atoms with E-state index in [1.807, 2.05) is 48.5 Å². The number of pyridine rings is 2. The number of nitrogens with zero attached hydrogens (tertiary/aromatic N) is 4. The van der Waals surface area contributed by atoms with Crippen LogP contribution in [0.1, 0.15) is 22.3 Å². The maximum Gasteiger partial charge on any atom is 0.419 e. The van der Waals surface area contributed by atoms with E-state index in [0.29, 0.717) is 10.0 Å². The Morgan fingerprint density at radius 2 is 0.977 bits per heavy atom. The fourth-order valence-electron chi connectivity index (χ4n) is 4.20. The van der Waals surface area contributed by atoms with E-state index in [4.69, 9.17) is 32.7 Å². The summed E-state index contributed by atoms with van der Waals surface area (Å²) in [6, 6.07) is 21.9. The number of hydrogen-bond donors (Lipinski definition) is 0. The van der Waals surface area contributed by atoms with Crippen molar-refractivity contribution in [2.45, 2.75) is 12.5 Å². The maximum atomic E-state index is 13.1. The minimum atomic E-state index is -1.14. The summed E-state index contributed by atoms with van der Waals surface area (Å²) in [6.45, 7) is 0. The molecule has 0 aliphatic carbocycles. The van der Waals surface area contributed by atoms with Gasteiger partial charge in [-0.2, -0.15) is 0 Å². The van der Waals surface area contributed by atoms with Crippen LogP contribution in [0, 0.1) is 0 Å². The zero-order valence-electron chi connectivity index (χ0n) is 24.7. The van der Waals surface area contributed by atoms with Gasteiger partial charge in [0.2, 0.25) is 0 Å². The second kappa shape index (κ2) is 15.4. The molecule has 4 rings (SSSR count). The fraction of sp³-hybridized carbons (Fsp3) is 0.176. The molecule has 44 heavy (non-hydrogen) atoms. The van der Waals surface area contributed by atoms with Crippen molar-refractivity contribution in [3.63, 3.8) is 0 Å². The molecule has 2 unspecified atom stereocenters. The predicted octanol–water partition coefficient (Wildman–Crippen LogP) is 6.21.